The minimum absolute atomic E-state index is 0.0425. The van der Waals surface area contributed by atoms with E-state index < -0.39 is 5.97 Å². The van der Waals surface area contributed by atoms with Crippen LogP contribution in [0.1, 0.15) is 42.9 Å². The Hall–Kier alpha value is -1.35. The van der Waals surface area contributed by atoms with E-state index in [9.17, 15) is 4.79 Å². The van der Waals surface area contributed by atoms with Crippen LogP contribution in [0.4, 0.5) is 0 Å². The molecule has 2 rings (SSSR count). The van der Waals surface area contributed by atoms with Crippen molar-refractivity contribution in [3.05, 3.63) is 35.4 Å². The van der Waals surface area contributed by atoms with Gasteiger partial charge >= 0.3 is 5.97 Å². The largest absolute Gasteiger partial charge is 0.481 e. The average molecular weight is 247 g/mol. The topological polar surface area (TPSA) is 63.3 Å². The maximum absolute atomic E-state index is 10.9. The Kier molecular flexibility index (Phi) is 4.02. The number of aliphatic carboxylic acids is 1. The second kappa shape index (κ2) is 5.53. The molecule has 0 bridgehead atoms. The summed E-state index contributed by atoms with van der Waals surface area (Å²) in [6.07, 6.45) is 3.37. The molecule has 1 unspecified atom stereocenters. The Morgan fingerprint density at radius 1 is 1.28 bits per heavy atom. The smallest absolute Gasteiger partial charge is 0.306 e. The van der Waals surface area contributed by atoms with Crippen LogP contribution in [0.2, 0.25) is 0 Å². The number of aryl methyl sites for hydroxylation is 1. The molecule has 1 fully saturated rings. The van der Waals surface area contributed by atoms with Gasteiger partial charge in [0.15, 0.2) is 0 Å². The summed E-state index contributed by atoms with van der Waals surface area (Å²) >= 11 is 0. The lowest BCUT2D eigenvalue weighted by molar-refractivity contribution is -0.143. The first-order valence-corrected chi connectivity index (χ1v) is 6.63. The molecule has 0 saturated heterocycles. The number of rotatable bonds is 3. The van der Waals surface area contributed by atoms with E-state index in [1.165, 1.54) is 11.1 Å². The molecule has 1 saturated carbocycles. The zero-order valence-electron chi connectivity index (χ0n) is 10.8. The van der Waals surface area contributed by atoms with Crippen molar-refractivity contribution in [2.75, 3.05) is 0 Å². The van der Waals surface area contributed by atoms with Crippen LogP contribution < -0.4 is 5.73 Å². The molecule has 1 atom stereocenters. The molecular formula is C15H21NO2. The lowest BCUT2D eigenvalue weighted by Crippen LogP contribution is -2.29. The van der Waals surface area contributed by atoms with Gasteiger partial charge in [-0.2, -0.15) is 0 Å². The highest BCUT2D eigenvalue weighted by Crippen LogP contribution is 2.36. The Morgan fingerprint density at radius 3 is 2.44 bits per heavy atom. The molecule has 98 valence electrons. The highest BCUT2D eigenvalue weighted by Gasteiger charge is 2.29. The molecule has 0 aromatic heterocycles. The van der Waals surface area contributed by atoms with E-state index in [0.29, 0.717) is 5.92 Å². The fourth-order valence-electron chi connectivity index (χ4n) is 2.94. The van der Waals surface area contributed by atoms with E-state index in [1.54, 1.807) is 0 Å². The molecule has 1 aromatic rings. The van der Waals surface area contributed by atoms with Crippen LogP contribution in [0.25, 0.3) is 0 Å². The van der Waals surface area contributed by atoms with Gasteiger partial charge < -0.3 is 10.8 Å². The molecule has 0 spiro atoms. The fourth-order valence-corrected chi connectivity index (χ4v) is 2.94. The van der Waals surface area contributed by atoms with Gasteiger partial charge in [-0.25, -0.2) is 0 Å². The van der Waals surface area contributed by atoms with Crippen LogP contribution in [-0.2, 0) is 4.79 Å². The highest BCUT2D eigenvalue weighted by molar-refractivity contribution is 5.70. The Morgan fingerprint density at radius 2 is 1.89 bits per heavy atom. The molecule has 0 aliphatic heterocycles. The Labute approximate surface area is 108 Å². The Bertz CT molecular complexity index is 422. The zero-order valence-corrected chi connectivity index (χ0v) is 10.8. The van der Waals surface area contributed by atoms with Crippen LogP contribution in [0.15, 0.2) is 24.3 Å². The molecule has 1 aromatic carbocycles. The van der Waals surface area contributed by atoms with E-state index in [0.717, 1.165) is 25.7 Å². The molecular weight excluding hydrogens is 226 g/mol. The first-order valence-electron chi connectivity index (χ1n) is 6.63. The zero-order chi connectivity index (χ0) is 13.1. The van der Waals surface area contributed by atoms with Crippen LogP contribution in [0.3, 0.4) is 0 Å². The van der Waals surface area contributed by atoms with Crippen LogP contribution >= 0.6 is 0 Å². The van der Waals surface area contributed by atoms with Crippen molar-refractivity contribution < 1.29 is 9.90 Å². The lowest BCUT2D eigenvalue weighted by Gasteiger charge is -2.31. The summed E-state index contributed by atoms with van der Waals surface area (Å²) in [5.74, 6) is -0.398. The van der Waals surface area contributed by atoms with E-state index >= 15 is 0 Å². The van der Waals surface area contributed by atoms with Crippen molar-refractivity contribution in [2.45, 2.75) is 38.6 Å². The van der Waals surface area contributed by atoms with Crippen molar-refractivity contribution in [3.8, 4) is 0 Å². The van der Waals surface area contributed by atoms with Gasteiger partial charge in [0.2, 0.25) is 0 Å². The molecule has 1 aliphatic carbocycles. The summed E-state index contributed by atoms with van der Waals surface area (Å²) in [4.78, 5) is 10.9. The summed E-state index contributed by atoms with van der Waals surface area (Å²) in [7, 11) is 0. The van der Waals surface area contributed by atoms with Gasteiger partial charge in [-0.15, -0.1) is 0 Å². The number of nitrogens with two attached hydrogens (primary N) is 1. The number of carboxylic acids is 1. The first-order chi connectivity index (χ1) is 8.59. The number of carbonyl (C=O) groups is 1. The van der Waals surface area contributed by atoms with E-state index in [1.807, 2.05) is 12.1 Å². The van der Waals surface area contributed by atoms with Gasteiger partial charge in [-0.1, -0.05) is 24.3 Å². The summed E-state index contributed by atoms with van der Waals surface area (Å²) in [5, 5.41) is 8.99. The average Bonchev–Trinajstić information content (AvgIpc) is 2.38. The van der Waals surface area contributed by atoms with E-state index in [-0.39, 0.29) is 12.0 Å². The predicted octanol–water partition coefficient (Wildman–Crippen LogP) is 2.89. The van der Waals surface area contributed by atoms with Crippen LogP contribution in [-0.4, -0.2) is 11.1 Å². The molecule has 1 aliphatic rings. The SMILES string of the molecule is Cc1ccccc1C(N)C1CCC(C(=O)O)CC1. The van der Waals surface area contributed by atoms with Gasteiger partial charge in [0.05, 0.1) is 5.92 Å². The Balaban J connectivity index is 2.02. The fraction of sp³-hybridized carbons (Fsp3) is 0.533. The maximum Gasteiger partial charge on any atom is 0.306 e. The molecule has 3 heteroatoms. The summed E-state index contributed by atoms with van der Waals surface area (Å²) < 4.78 is 0. The quantitative estimate of drug-likeness (QED) is 0.863. The van der Waals surface area contributed by atoms with Gasteiger partial charge in [0.25, 0.3) is 0 Å². The maximum atomic E-state index is 10.9. The van der Waals surface area contributed by atoms with Crippen molar-refractivity contribution in [2.24, 2.45) is 17.6 Å². The first kappa shape index (κ1) is 13.1. The normalized spacial score (nSPS) is 25.7. The monoisotopic (exact) mass is 247 g/mol. The minimum atomic E-state index is -0.655. The molecule has 18 heavy (non-hydrogen) atoms. The van der Waals surface area contributed by atoms with Crippen LogP contribution in [0, 0.1) is 18.8 Å². The second-order valence-electron chi connectivity index (χ2n) is 5.33. The number of hydrogen-bond donors (Lipinski definition) is 2. The molecule has 0 radical (unpaired) electrons. The minimum Gasteiger partial charge on any atom is -0.481 e. The molecule has 0 amide bonds. The third-order valence-electron chi connectivity index (χ3n) is 4.18. The summed E-state index contributed by atoms with van der Waals surface area (Å²) in [6, 6.07) is 8.25. The van der Waals surface area contributed by atoms with Crippen molar-refractivity contribution in [1.29, 1.82) is 0 Å². The molecule has 3 N–H and O–H groups in total. The predicted molar refractivity (Wildman–Crippen MR) is 71.2 cm³/mol. The van der Waals surface area contributed by atoms with Crippen molar-refractivity contribution in [3.63, 3.8) is 0 Å². The highest BCUT2D eigenvalue weighted by atomic mass is 16.4. The van der Waals surface area contributed by atoms with Gasteiger partial charge in [0.1, 0.15) is 0 Å². The number of carboxylic acid groups (broad SMARTS) is 1. The van der Waals surface area contributed by atoms with E-state index in [4.69, 9.17) is 10.8 Å². The number of benzene rings is 1. The molecule has 0 heterocycles. The third-order valence-corrected chi connectivity index (χ3v) is 4.18. The van der Waals surface area contributed by atoms with Crippen molar-refractivity contribution in [1.82, 2.24) is 0 Å². The van der Waals surface area contributed by atoms with Crippen LogP contribution in [0.5, 0.6) is 0 Å². The number of hydrogen-bond acceptors (Lipinski definition) is 2. The summed E-state index contributed by atoms with van der Waals surface area (Å²) in [5.41, 5.74) is 8.78. The van der Waals surface area contributed by atoms with Gasteiger partial charge in [-0.05, 0) is 49.7 Å². The van der Waals surface area contributed by atoms with E-state index in [2.05, 4.69) is 19.1 Å². The summed E-state index contributed by atoms with van der Waals surface area (Å²) in [6.45, 7) is 2.08. The van der Waals surface area contributed by atoms with Gasteiger partial charge in [0, 0.05) is 6.04 Å². The lowest BCUT2D eigenvalue weighted by atomic mass is 9.76. The van der Waals surface area contributed by atoms with Crippen molar-refractivity contribution >= 4 is 5.97 Å². The second-order valence-corrected chi connectivity index (χ2v) is 5.33. The standard InChI is InChI=1S/C15H21NO2/c1-10-4-2-3-5-13(10)14(16)11-6-8-12(9-7-11)15(17)18/h2-5,11-12,14H,6-9,16H2,1H3,(H,17,18). The third kappa shape index (κ3) is 2.72. The van der Waals surface area contributed by atoms with Gasteiger partial charge in [-0.3, -0.25) is 4.79 Å². The molecule has 3 nitrogen and oxygen atoms in total.